The van der Waals surface area contributed by atoms with E-state index in [1.165, 1.54) is 6.42 Å². The van der Waals surface area contributed by atoms with Crippen molar-refractivity contribution >= 4 is 11.6 Å². The van der Waals surface area contributed by atoms with Crippen molar-refractivity contribution in [3.63, 3.8) is 0 Å². The number of halogens is 1. The van der Waals surface area contributed by atoms with E-state index in [4.69, 9.17) is 16.3 Å². The van der Waals surface area contributed by atoms with Gasteiger partial charge in [0.05, 0.1) is 6.10 Å². The SMILES string of the molecule is ClC(Cc1ccccn1)CC1CCCO1. The van der Waals surface area contributed by atoms with E-state index in [0.717, 1.165) is 31.6 Å². The second-order valence-electron chi connectivity index (χ2n) is 3.99. The first-order chi connectivity index (χ1) is 7.34. The predicted octanol–water partition coefficient (Wildman–Crippen LogP) is 2.80. The molecular weight excluding hydrogens is 210 g/mol. The minimum absolute atomic E-state index is 0.142. The fourth-order valence-electron chi connectivity index (χ4n) is 1.94. The molecule has 15 heavy (non-hydrogen) atoms. The van der Waals surface area contributed by atoms with Crippen LogP contribution in [-0.4, -0.2) is 23.1 Å². The lowest BCUT2D eigenvalue weighted by Crippen LogP contribution is -2.15. The Balaban J connectivity index is 1.79. The van der Waals surface area contributed by atoms with Gasteiger partial charge in [0.1, 0.15) is 0 Å². The molecule has 0 spiro atoms. The van der Waals surface area contributed by atoms with Crippen molar-refractivity contribution < 1.29 is 4.74 Å². The zero-order valence-corrected chi connectivity index (χ0v) is 9.49. The molecule has 2 atom stereocenters. The van der Waals surface area contributed by atoms with Crippen LogP contribution in [0.3, 0.4) is 0 Å². The topological polar surface area (TPSA) is 22.1 Å². The highest BCUT2D eigenvalue weighted by Crippen LogP contribution is 2.21. The third-order valence-corrected chi connectivity index (χ3v) is 3.03. The smallest absolute Gasteiger partial charge is 0.0590 e. The molecule has 0 N–H and O–H groups in total. The Morgan fingerprint density at radius 3 is 3.13 bits per heavy atom. The van der Waals surface area contributed by atoms with Gasteiger partial charge in [-0.05, 0) is 31.4 Å². The summed E-state index contributed by atoms with van der Waals surface area (Å²) in [5.41, 5.74) is 1.07. The summed E-state index contributed by atoms with van der Waals surface area (Å²) in [4.78, 5) is 4.27. The Morgan fingerprint density at radius 2 is 2.47 bits per heavy atom. The first-order valence-electron chi connectivity index (χ1n) is 5.50. The van der Waals surface area contributed by atoms with Crippen molar-refractivity contribution in [2.75, 3.05) is 6.61 Å². The molecule has 1 aromatic rings. The van der Waals surface area contributed by atoms with Crippen molar-refractivity contribution in [2.45, 2.75) is 37.2 Å². The van der Waals surface area contributed by atoms with Gasteiger partial charge in [0.25, 0.3) is 0 Å². The zero-order valence-electron chi connectivity index (χ0n) is 8.73. The molecule has 0 radical (unpaired) electrons. The Morgan fingerprint density at radius 1 is 1.53 bits per heavy atom. The average Bonchev–Trinajstić information content (AvgIpc) is 2.71. The third-order valence-electron chi connectivity index (χ3n) is 2.70. The Hall–Kier alpha value is -0.600. The molecule has 0 aromatic carbocycles. The third kappa shape index (κ3) is 3.47. The lowest BCUT2D eigenvalue weighted by atomic mass is 10.1. The molecule has 2 rings (SSSR count). The van der Waals surface area contributed by atoms with Gasteiger partial charge < -0.3 is 4.74 Å². The number of alkyl halides is 1. The summed E-state index contributed by atoms with van der Waals surface area (Å²) in [6.45, 7) is 0.901. The lowest BCUT2D eigenvalue weighted by Gasteiger charge is -2.13. The van der Waals surface area contributed by atoms with Crippen LogP contribution in [0.25, 0.3) is 0 Å². The Bertz CT molecular complexity index is 285. The van der Waals surface area contributed by atoms with Crippen LogP contribution in [0.15, 0.2) is 24.4 Å². The van der Waals surface area contributed by atoms with Gasteiger partial charge >= 0.3 is 0 Å². The molecule has 1 fully saturated rings. The number of nitrogens with zero attached hydrogens (tertiary/aromatic N) is 1. The fourth-order valence-corrected chi connectivity index (χ4v) is 2.30. The van der Waals surface area contributed by atoms with Gasteiger partial charge in [-0.25, -0.2) is 0 Å². The standard InChI is InChI=1S/C12H16ClNO/c13-10(9-12-5-3-7-15-12)8-11-4-1-2-6-14-11/h1-2,4,6,10,12H,3,5,7-9H2. The lowest BCUT2D eigenvalue weighted by molar-refractivity contribution is 0.103. The highest BCUT2D eigenvalue weighted by atomic mass is 35.5. The number of rotatable bonds is 4. The van der Waals surface area contributed by atoms with Gasteiger partial charge in [0.2, 0.25) is 0 Å². The fraction of sp³-hybridized carbons (Fsp3) is 0.583. The molecular formula is C12H16ClNO. The van der Waals surface area contributed by atoms with Crippen molar-refractivity contribution in [1.29, 1.82) is 0 Å². The molecule has 2 heterocycles. The van der Waals surface area contributed by atoms with Gasteiger partial charge in [-0.15, -0.1) is 11.6 Å². The highest BCUT2D eigenvalue weighted by Gasteiger charge is 2.19. The number of hydrogen-bond donors (Lipinski definition) is 0. The van der Waals surface area contributed by atoms with Crippen molar-refractivity contribution in [3.05, 3.63) is 30.1 Å². The molecule has 0 saturated carbocycles. The summed E-state index contributed by atoms with van der Waals surface area (Å²) in [6, 6.07) is 5.94. The summed E-state index contributed by atoms with van der Waals surface area (Å²) >= 11 is 6.28. The summed E-state index contributed by atoms with van der Waals surface area (Å²) in [5.74, 6) is 0. The number of ether oxygens (including phenoxy) is 1. The van der Waals surface area contributed by atoms with E-state index in [2.05, 4.69) is 4.98 Å². The minimum atomic E-state index is 0.142. The maximum Gasteiger partial charge on any atom is 0.0590 e. The maximum atomic E-state index is 6.28. The second-order valence-corrected chi connectivity index (χ2v) is 4.61. The molecule has 1 aliphatic rings. The quantitative estimate of drug-likeness (QED) is 0.736. The normalized spacial score (nSPS) is 22.9. The van der Waals surface area contributed by atoms with Gasteiger partial charge in [0, 0.05) is 30.3 Å². The van der Waals surface area contributed by atoms with Crippen LogP contribution in [0.2, 0.25) is 0 Å². The molecule has 1 saturated heterocycles. The van der Waals surface area contributed by atoms with Gasteiger partial charge in [-0.2, -0.15) is 0 Å². The highest BCUT2D eigenvalue weighted by molar-refractivity contribution is 6.20. The first kappa shape index (κ1) is 10.9. The van der Waals surface area contributed by atoms with Crippen molar-refractivity contribution in [1.82, 2.24) is 4.98 Å². The number of hydrogen-bond acceptors (Lipinski definition) is 2. The van der Waals surface area contributed by atoms with Crippen molar-refractivity contribution in [2.24, 2.45) is 0 Å². The largest absolute Gasteiger partial charge is 0.378 e. The Labute approximate surface area is 95.6 Å². The maximum absolute atomic E-state index is 6.28. The van der Waals surface area contributed by atoms with Crippen LogP contribution in [0.5, 0.6) is 0 Å². The van der Waals surface area contributed by atoms with E-state index >= 15 is 0 Å². The average molecular weight is 226 g/mol. The molecule has 2 unspecified atom stereocenters. The van der Waals surface area contributed by atoms with E-state index in [9.17, 15) is 0 Å². The number of pyridine rings is 1. The van der Waals surface area contributed by atoms with E-state index < -0.39 is 0 Å². The molecule has 0 aliphatic carbocycles. The Kier molecular flexibility index (Phi) is 3.98. The summed E-state index contributed by atoms with van der Waals surface area (Å²) in [6.07, 6.45) is 6.30. The zero-order chi connectivity index (χ0) is 10.5. The first-order valence-corrected chi connectivity index (χ1v) is 5.94. The van der Waals surface area contributed by atoms with E-state index in [1.807, 2.05) is 24.4 Å². The molecule has 2 nitrogen and oxygen atoms in total. The molecule has 0 bridgehead atoms. The monoisotopic (exact) mass is 225 g/mol. The molecule has 1 aromatic heterocycles. The number of aromatic nitrogens is 1. The van der Waals surface area contributed by atoms with Gasteiger partial charge in [0.15, 0.2) is 0 Å². The predicted molar refractivity (Wildman–Crippen MR) is 61.2 cm³/mol. The molecule has 3 heteroatoms. The van der Waals surface area contributed by atoms with E-state index in [0.29, 0.717) is 6.10 Å². The van der Waals surface area contributed by atoms with Crippen LogP contribution in [0, 0.1) is 0 Å². The van der Waals surface area contributed by atoms with Crippen LogP contribution in [-0.2, 0) is 11.2 Å². The van der Waals surface area contributed by atoms with Crippen LogP contribution < -0.4 is 0 Å². The second kappa shape index (κ2) is 5.47. The van der Waals surface area contributed by atoms with Crippen LogP contribution >= 0.6 is 11.6 Å². The summed E-state index contributed by atoms with van der Waals surface area (Å²) in [5, 5.41) is 0.142. The summed E-state index contributed by atoms with van der Waals surface area (Å²) < 4.78 is 5.56. The van der Waals surface area contributed by atoms with Crippen LogP contribution in [0.1, 0.15) is 25.0 Å². The van der Waals surface area contributed by atoms with Gasteiger partial charge in [-0.3, -0.25) is 4.98 Å². The molecule has 0 amide bonds. The minimum Gasteiger partial charge on any atom is -0.378 e. The molecule has 82 valence electrons. The van der Waals surface area contributed by atoms with Crippen LogP contribution in [0.4, 0.5) is 0 Å². The van der Waals surface area contributed by atoms with E-state index in [1.54, 1.807) is 0 Å². The van der Waals surface area contributed by atoms with E-state index in [-0.39, 0.29) is 5.38 Å². The van der Waals surface area contributed by atoms with Gasteiger partial charge in [-0.1, -0.05) is 6.07 Å². The summed E-state index contributed by atoms with van der Waals surface area (Å²) in [7, 11) is 0. The van der Waals surface area contributed by atoms with Crippen molar-refractivity contribution in [3.8, 4) is 0 Å². The molecule has 1 aliphatic heterocycles.